The Labute approximate surface area is 119 Å². The minimum absolute atomic E-state index is 0.463. The molecule has 102 valence electrons. The molecule has 2 rings (SSSR count). The van der Waals surface area contributed by atoms with Gasteiger partial charge in [-0.15, -0.1) is 11.3 Å². The number of nitrogens with one attached hydrogen (secondary N) is 1. The third-order valence-electron chi connectivity index (χ3n) is 3.17. The van der Waals surface area contributed by atoms with Crippen molar-refractivity contribution in [3.63, 3.8) is 0 Å². The van der Waals surface area contributed by atoms with Crippen molar-refractivity contribution in [1.29, 1.82) is 0 Å². The molecule has 1 atom stereocenters. The van der Waals surface area contributed by atoms with Gasteiger partial charge in [-0.2, -0.15) is 0 Å². The molecule has 0 spiro atoms. The molecule has 0 fully saturated rings. The fourth-order valence-corrected chi connectivity index (χ4v) is 3.29. The first-order valence-electron chi connectivity index (χ1n) is 6.84. The molecule has 19 heavy (non-hydrogen) atoms. The van der Waals surface area contributed by atoms with E-state index in [4.69, 9.17) is 4.98 Å². The quantitative estimate of drug-likeness (QED) is 0.881. The summed E-state index contributed by atoms with van der Waals surface area (Å²) >= 11 is 1.86. The second-order valence-electron chi connectivity index (χ2n) is 5.24. The molecule has 0 bridgehead atoms. The monoisotopic (exact) mass is 274 g/mol. The van der Waals surface area contributed by atoms with Crippen LogP contribution in [0.3, 0.4) is 0 Å². The van der Waals surface area contributed by atoms with Crippen molar-refractivity contribution in [1.82, 2.24) is 10.3 Å². The number of thiazole rings is 1. The highest BCUT2D eigenvalue weighted by Crippen LogP contribution is 2.36. The standard InChI is InChI=1S/C16H22N2S/c1-11(2)15-14(13-8-6-5-7-9-13)18-16(19-15)12(3)10-17-4/h5-9,11-12,17H,10H2,1-4H3. The van der Waals surface area contributed by atoms with Gasteiger partial charge < -0.3 is 5.32 Å². The van der Waals surface area contributed by atoms with Gasteiger partial charge in [-0.05, 0) is 13.0 Å². The summed E-state index contributed by atoms with van der Waals surface area (Å²) in [4.78, 5) is 6.29. The molecular formula is C16H22N2S. The highest BCUT2D eigenvalue weighted by molar-refractivity contribution is 7.12. The van der Waals surface area contributed by atoms with Crippen LogP contribution in [0, 0.1) is 0 Å². The zero-order chi connectivity index (χ0) is 13.8. The zero-order valence-electron chi connectivity index (χ0n) is 12.1. The predicted octanol–water partition coefficient (Wildman–Crippen LogP) is 4.26. The second-order valence-corrected chi connectivity index (χ2v) is 6.31. The largest absolute Gasteiger partial charge is 0.319 e. The maximum absolute atomic E-state index is 4.90. The van der Waals surface area contributed by atoms with Crippen LogP contribution < -0.4 is 5.32 Å². The van der Waals surface area contributed by atoms with Gasteiger partial charge in [-0.3, -0.25) is 0 Å². The first-order chi connectivity index (χ1) is 9.13. The number of benzene rings is 1. The summed E-state index contributed by atoms with van der Waals surface area (Å²) in [5.74, 6) is 0.980. The van der Waals surface area contributed by atoms with Crippen molar-refractivity contribution >= 4 is 11.3 Å². The first-order valence-corrected chi connectivity index (χ1v) is 7.65. The van der Waals surface area contributed by atoms with Crippen molar-refractivity contribution in [2.45, 2.75) is 32.6 Å². The highest BCUT2D eigenvalue weighted by Gasteiger charge is 2.18. The lowest BCUT2D eigenvalue weighted by Crippen LogP contribution is -2.14. The van der Waals surface area contributed by atoms with Crippen LogP contribution in [-0.2, 0) is 0 Å². The van der Waals surface area contributed by atoms with Crippen molar-refractivity contribution in [2.75, 3.05) is 13.6 Å². The van der Waals surface area contributed by atoms with E-state index < -0.39 is 0 Å². The minimum atomic E-state index is 0.463. The summed E-state index contributed by atoms with van der Waals surface area (Å²) in [6.45, 7) is 7.69. The molecule has 1 aromatic carbocycles. The van der Waals surface area contributed by atoms with Crippen LogP contribution in [0.5, 0.6) is 0 Å². The minimum Gasteiger partial charge on any atom is -0.319 e. The molecule has 0 radical (unpaired) electrons. The van der Waals surface area contributed by atoms with E-state index in [0.29, 0.717) is 11.8 Å². The van der Waals surface area contributed by atoms with E-state index in [0.717, 1.165) is 6.54 Å². The van der Waals surface area contributed by atoms with E-state index in [2.05, 4.69) is 56.4 Å². The molecule has 3 heteroatoms. The lowest BCUT2D eigenvalue weighted by Gasteiger charge is -2.05. The van der Waals surface area contributed by atoms with E-state index in [9.17, 15) is 0 Å². The lowest BCUT2D eigenvalue weighted by atomic mass is 10.1. The molecule has 2 aromatic rings. The Morgan fingerprint density at radius 2 is 1.84 bits per heavy atom. The second kappa shape index (κ2) is 6.31. The van der Waals surface area contributed by atoms with Crippen LogP contribution in [-0.4, -0.2) is 18.6 Å². The van der Waals surface area contributed by atoms with Crippen molar-refractivity contribution in [3.8, 4) is 11.3 Å². The van der Waals surface area contributed by atoms with Gasteiger partial charge in [0, 0.05) is 22.9 Å². The maximum Gasteiger partial charge on any atom is 0.0976 e. The molecular weight excluding hydrogens is 252 g/mol. The number of hydrogen-bond donors (Lipinski definition) is 1. The van der Waals surface area contributed by atoms with Gasteiger partial charge in [0.2, 0.25) is 0 Å². The van der Waals surface area contributed by atoms with E-state index >= 15 is 0 Å². The Bertz CT molecular complexity index is 517. The number of rotatable bonds is 5. The third kappa shape index (κ3) is 3.23. The zero-order valence-corrected chi connectivity index (χ0v) is 12.9. The summed E-state index contributed by atoms with van der Waals surface area (Å²) < 4.78 is 0. The SMILES string of the molecule is CNCC(C)c1nc(-c2ccccc2)c(C(C)C)s1. The maximum atomic E-state index is 4.90. The molecule has 0 amide bonds. The topological polar surface area (TPSA) is 24.9 Å². The number of hydrogen-bond acceptors (Lipinski definition) is 3. The summed E-state index contributed by atoms with van der Waals surface area (Å²) in [6.07, 6.45) is 0. The van der Waals surface area contributed by atoms with Gasteiger partial charge in [-0.1, -0.05) is 51.1 Å². The Kier molecular flexibility index (Phi) is 4.72. The summed E-state index contributed by atoms with van der Waals surface area (Å²) in [5.41, 5.74) is 2.39. The average molecular weight is 274 g/mol. The molecule has 1 aromatic heterocycles. The van der Waals surface area contributed by atoms with Crippen molar-refractivity contribution < 1.29 is 0 Å². The lowest BCUT2D eigenvalue weighted by molar-refractivity contribution is 0.674. The summed E-state index contributed by atoms with van der Waals surface area (Å²) in [7, 11) is 1.99. The van der Waals surface area contributed by atoms with Gasteiger partial charge in [0.25, 0.3) is 0 Å². The van der Waals surface area contributed by atoms with Crippen LogP contribution in [0.15, 0.2) is 30.3 Å². The van der Waals surface area contributed by atoms with Crippen molar-refractivity contribution in [3.05, 3.63) is 40.2 Å². The third-order valence-corrected chi connectivity index (χ3v) is 4.76. The summed E-state index contributed by atoms with van der Waals surface area (Å²) in [5, 5.41) is 4.46. The van der Waals surface area contributed by atoms with Crippen molar-refractivity contribution in [2.24, 2.45) is 0 Å². The molecule has 1 N–H and O–H groups in total. The Morgan fingerprint density at radius 1 is 1.16 bits per heavy atom. The van der Waals surface area contributed by atoms with E-state index in [1.54, 1.807) is 0 Å². The molecule has 1 unspecified atom stereocenters. The van der Waals surface area contributed by atoms with E-state index in [-0.39, 0.29) is 0 Å². The van der Waals surface area contributed by atoms with Gasteiger partial charge in [0.05, 0.1) is 10.7 Å². The van der Waals surface area contributed by atoms with Crippen LogP contribution in [0.25, 0.3) is 11.3 Å². The Balaban J connectivity index is 2.42. The highest BCUT2D eigenvalue weighted by atomic mass is 32.1. The molecule has 0 saturated carbocycles. The van der Waals surface area contributed by atoms with Crippen LogP contribution in [0.2, 0.25) is 0 Å². The molecule has 0 aliphatic carbocycles. The van der Waals surface area contributed by atoms with E-state index in [1.165, 1.54) is 21.1 Å². The fourth-order valence-electron chi connectivity index (χ4n) is 2.15. The molecule has 0 saturated heterocycles. The number of nitrogens with zero attached hydrogens (tertiary/aromatic N) is 1. The molecule has 0 aliphatic heterocycles. The van der Waals surface area contributed by atoms with Crippen LogP contribution in [0.4, 0.5) is 0 Å². The van der Waals surface area contributed by atoms with Gasteiger partial charge >= 0.3 is 0 Å². The fraction of sp³-hybridized carbons (Fsp3) is 0.438. The summed E-state index contributed by atoms with van der Waals surface area (Å²) in [6, 6.07) is 10.5. The van der Waals surface area contributed by atoms with Gasteiger partial charge in [0.15, 0.2) is 0 Å². The Morgan fingerprint density at radius 3 is 2.42 bits per heavy atom. The predicted molar refractivity (Wildman–Crippen MR) is 84.0 cm³/mol. The molecule has 1 heterocycles. The number of aromatic nitrogens is 1. The van der Waals surface area contributed by atoms with Gasteiger partial charge in [-0.25, -0.2) is 4.98 Å². The van der Waals surface area contributed by atoms with E-state index in [1.807, 2.05) is 18.4 Å². The number of likely N-dealkylation sites (N-methyl/N-ethyl adjacent to an activating group) is 1. The molecule has 0 aliphatic rings. The average Bonchev–Trinajstić information content (AvgIpc) is 2.85. The van der Waals surface area contributed by atoms with Crippen LogP contribution in [0.1, 0.15) is 42.5 Å². The normalized spacial score (nSPS) is 12.9. The van der Waals surface area contributed by atoms with Crippen LogP contribution >= 0.6 is 11.3 Å². The molecule has 2 nitrogen and oxygen atoms in total. The first kappa shape index (κ1) is 14.2. The van der Waals surface area contributed by atoms with Gasteiger partial charge in [0.1, 0.15) is 0 Å². The Hall–Kier alpha value is -1.19. The smallest absolute Gasteiger partial charge is 0.0976 e.